The number of aryl methyl sites for hydroxylation is 2. The molecule has 0 aliphatic heterocycles. The van der Waals surface area contributed by atoms with E-state index in [1.165, 1.54) is 0 Å². The summed E-state index contributed by atoms with van der Waals surface area (Å²) in [5, 5.41) is 0. The lowest BCUT2D eigenvalue weighted by atomic mass is 9.52. The highest BCUT2D eigenvalue weighted by atomic mass is 16.6. The Balaban J connectivity index is 0.781. The minimum Gasteiger partial charge on any atom is -0.463 e. The SMILES string of the molecule is CC(=O)C12CCC(C(=O)Oc3cc[n+](CCC(=O)OCCOCCOC(=O)CC[n+]4ccc(OC(=O)C56CCC(C(C)=O)(CC5)CC6)cc4)cc3)(CC1)CC2. The summed E-state index contributed by atoms with van der Waals surface area (Å²) in [6, 6.07) is 6.82. The van der Waals surface area contributed by atoms with Gasteiger partial charge in [-0.2, -0.15) is 0 Å². The van der Waals surface area contributed by atoms with Gasteiger partial charge in [0, 0.05) is 35.1 Å². The maximum atomic E-state index is 13.1. The van der Waals surface area contributed by atoms with E-state index in [0.29, 0.717) is 63.1 Å². The van der Waals surface area contributed by atoms with Gasteiger partial charge in [-0.1, -0.05) is 0 Å². The molecule has 0 spiro atoms. The Labute approximate surface area is 322 Å². The fourth-order valence-electron chi connectivity index (χ4n) is 8.91. The number of rotatable bonds is 18. The molecule has 0 aromatic carbocycles. The average Bonchev–Trinajstić information content (AvgIpc) is 3.21. The molecule has 6 aliphatic rings. The second-order valence-corrected chi connectivity index (χ2v) is 16.1. The highest BCUT2D eigenvalue weighted by Gasteiger charge is 2.56. The van der Waals surface area contributed by atoms with Crippen molar-refractivity contribution < 1.29 is 61.6 Å². The topological polar surface area (TPSA) is 156 Å². The number of Topliss-reactive ketones (excluding diaryl/α,β-unsaturated/α-hetero) is 2. The third-order valence-electron chi connectivity index (χ3n) is 13.1. The fourth-order valence-corrected chi connectivity index (χ4v) is 8.91. The van der Waals surface area contributed by atoms with E-state index in [1.54, 1.807) is 62.9 Å². The largest absolute Gasteiger partial charge is 0.463 e. The van der Waals surface area contributed by atoms with E-state index in [4.69, 9.17) is 23.7 Å². The van der Waals surface area contributed by atoms with Gasteiger partial charge >= 0.3 is 23.9 Å². The van der Waals surface area contributed by atoms with Gasteiger partial charge in [-0.05, 0) is 90.9 Å². The number of carbonyl (C=O) groups is 6. The monoisotopic (exact) mass is 762 g/mol. The molecule has 6 aliphatic carbocycles. The van der Waals surface area contributed by atoms with Gasteiger partial charge in [0.15, 0.2) is 37.9 Å². The maximum absolute atomic E-state index is 13.1. The number of hydrogen-bond acceptors (Lipinski definition) is 11. The van der Waals surface area contributed by atoms with Crippen LogP contribution in [0.4, 0.5) is 0 Å². The normalized spacial score (nSPS) is 26.5. The van der Waals surface area contributed by atoms with Gasteiger partial charge in [0.25, 0.3) is 0 Å². The van der Waals surface area contributed by atoms with Crippen LogP contribution in [0.25, 0.3) is 0 Å². The van der Waals surface area contributed by atoms with Gasteiger partial charge in [0.2, 0.25) is 0 Å². The molecule has 0 unspecified atom stereocenters. The van der Waals surface area contributed by atoms with Crippen LogP contribution in [0.5, 0.6) is 11.5 Å². The second-order valence-electron chi connectivity index (χ2n) is 16.1. The standard InChI is InChI=1S/C42H54N2O11/c1-31(45)39-9-15-41(16-10-39,17-11-39)37(49)54-33-3-21-43(22-4-33)25-7-35(47)52-29-27-51-28-30-53-36(48)8-26-44-23-5-34(6-24-44)55-38(50)42-18-12-40(13-19-42,14-20-42)32(2)46/h3-6,21-24H,7-20,25-30H2,1-2H3/q+2. The van der Waals surface area contributed by atoms with Crippen LogP contribution in [0.3, 0.4) is 0 Å². The molecule has 55 heavy (non-hydrogen) atoms. The summed E-state index contributed by atoms with van der Waals surface area (Å²) in [4.78, 5) is 74.8. The number of nitrogens with zero attached hydrogens (tertiary/aromatic N) is 2. The first-order chi connectivity index (χ1) is 26.4. The molecule has 8 rings (SSSR count). The molecule has 2 aromatic rings. The molecule has 13 heteroatoms. The lowest BCUT2D eigenvalue weighted by molar-refractivity contribution is -0.696. The molecule has 13 nitrogen and oxygen atoms in total. The quantitative estimate of drug-likeness (QED) is 0.120. The van der Waals surface area contributed by atoms with Crippen molar-refractivity contribution >= 4 is 35.4 Å². The second kappa shape index (κ2) is 17.1. The van der Waals surface area contributed by atoms with E-state index in [9.17, 15) is 28.8 Å². The fraction of sp³-hybridized carbons (Fsp3) is 0.619. The van der Waals surface area contributed by atoms with Crippen LogP contribution < -0.4 is 18.6 Å². The summed E-state index contributed by atoms with van der Waals surface area (Å²) in [7, 11) is 0. The first-order valence-corrected chi connectivity index (χ1v) is 19.7. The van der Waals surface area contributed by atoms with Crippen molar-refractivity contribution in [3.63, 3.8) is 0 Å². The van der Waals surface area contributed by atoms with Crippen molar-refractivity contribution in [2.24, 2.45) is 21.7 Å². The number of ketones is 2. The van der Waals surface area contributed by atoms with Gasteiger partial charge in [-0.15, -0.1) is 0 Å². The number of ether oxygens (including phenoxy) is 5. The van der Waals surface area contributed by atoms with E-state index in [1.807, 2.05) is 9.13 Å². The van der Waals surface area contributed by atoms with E-state index in [-0.39, 0.29) is 85.5 Å². The molecule has 0 N–H and O–H groups in total. The van der Waals surface area contributed by atoms with Crippen molar-refractivity contribution in [3.8, 4) is 11.5 Å². The number of esters is 4. The first kappa shape index (κ1) is 40.2. The molecule has 296 valence electrons. The zero-order chi connectivity index (χ0) is 39.1. The summed E-state index contributed by atoms with van der Waals surface area (Å²) in [5.74, 6) is 0.167. The zero-order valence-corrected chi connectivity index (χ0v) is 32.1. The number of aromatic nitrogens is 2. The zero-order valence-electron chi connectivity index (χ0n) is 32.1. The van der Waals surface area contributed by atoms with E-state index >= 15 is 0 Å². The van der Waals surface area contributed by atoms with Crippen LogP contribution >= 0.6 is 0 Å². The average molecular weight is 763 g/mol. The van der Waals surface area contributed by atoms with Gasteiger partial charge in [-0.25, -0.2) is 9.13 Å². The molecular weight excluding hydrogens is 708 g/mol. The van der Waals surface area contributed by atoms with E-state index in [0.717, 1.165) is 38.5 Å². The Morgan fingerprint density at radius 2 is 0.800 bits per heavy atom. The van der Waals surface area contributed by atoms with Crippen LogP contribution in [0, 0.1) is 21.7 Å². The lowest BCUT2D eigenvalue weighted by Gasteiger charge is -2.50. The number of fused-ring (bicyclic) bond motifs is 6. The van der Waals surface area contributed by atoms with Crippen molar-refractivity contribution in [1.82, 2.24) is 0 Å². The van der Waals surface area contributed by atoms with E-state index in [2.05, 4.69) is 0 Å². The Morgan fingerprint density at radius 3 is 1.11 bits per heavy atom. The van der Waals surface area contributed by atoms with Crippen LogP contribution in [0.1, 0.15) is 104 Å². The number of pyridine rings is 2. The molecule has 0 saturated heterocycles. The van der Waals surface area contributed by atoms with Crippen molar-refractivity contribution in [1.29, 1.82) is 0 Å². The number of hydrogen-bond donors (Lipinski definition) is 0. The minimum absolute atomic E-state index is 0.0745. The highest BCUT2D eigenvalue weighted by Crippen LogP contribution is 2.58. The predicted octanol–water partition coefficient (Wildman–Crippen LogP) is 4.52. The summed E-state index contributed by atoms with van der Waals surface area (Å²) >= 11 is 0. The molecule has 0 amide bonds. The Morgan fingerprint density at radius 1 is 0.491 bits per heavy atom. The molecule has 0 atom stereocenters. The highest BCUT2D eigenvalue weighted by molar-refractivity contribution is 5.86. The summed E-state index contributed by atoms with van der Waals surface area (Å²) in [6.45, 7) is 4.59. The third-order valence-corrected chi connectivity index (χ3v) is 13.1. The first-order valence-electron chi connectivity index (χ1n) is 19.7. The third kappa shape index (κ3) is 9.31. The Kier molecular flexibility index (Phi) is 12.5. The minimum atomic E-state index is -0.504. The van der Waals surface area contributed by atoms with Crippen LogP contribution in [0.2, 0.25) is 0 Å². The summed E-state index contributed by atoms with van der Waals surface area (Å²) in [5.41, 5.74) is -1.50. The molecule has 6 saturated carbocycles. The van der Waals surface area contributed by atoms with E-state index < -0.39 is 10.8 Å². The summed E-state index contributed by atoms with van der Waals surface area (Å²) in [6.07, 6.45) is 15.9. The van der Waals surface area contributed by atoms with Crippen molar-refractivity contribution in [2.45, 2.75) is 117 Å². The lowest BCUT2D eigenvalue weighted by Crippen LogP contribution is -2.49. The molecule has 2 heterocycles. The van der Waals surface area contributed by atoms with Gasteiger partial charge in [-0.3, -0.25) is 28.8 Å². The Bertz CT molecular complexity index is 1580. The van der Waals surface area contributed by atoms with Crippen LogP contribution in [-0.2, 0) is 56.1 Å². The van der Waals surface area contributed by atoms with Crippen LogP contribution in [0.15, 0.2) is 49.1 Å². The van der Waals surface area contributed by atoms with Gasteiger partial charge in [0.05, 0.1) is 24.0 Å². The molecule has 4 bridgehead atoms. The van der Waals surface area contributed by atoms with Gasteiger partial charge < -0.3 is 23.7 Å². The predicted molar refractivity (Wildman–Crippen MR) is 193 cm³/mol. The molecule has 2 aromatic heterocycles. The molecular formula is C42H54N2O11+2. The Hall–Kier alpha value is -4.52. The summed E-state index contributed by atoms with van der Waals surface area (Å²) < 4.78 is 31.0. The smallest absolute Gasteiger partial charge is 0.317 e. The van der Waals surface area contributed by atoms with Crippen LogP contribution in [-0.4, -0.2) is 61.9 Å². The maximum Gasteiger partial charge on any atom is 0.317 e. The molecule has 6 fully saturated rings. The van der Waals surface area contributed by atoms with Crippen molar-refractivity contribution in [2.75, 3.05) is 26.4 Å². The van der Waals surface area contributed by atoms with Crippen molar-refractivity contribution in [3.05, 3.63) is 49.1 Å². The number of carbonyl (C=O) groups excluding carboxylic acids is 6. The molecule has 0 radical (unpaired) electrons. The van der Waals surface area contributed by atoms with Gasteiger partial charge in [0.1, 0.15) is 49.1 Å².